The largest absolute Gasteiger partial charge is 0.496 e. The van der Waals surface area contributed by atoms with Gasteiger partial charge in [0.2, 0.25) is 5.95 Å². The summed E-state index contributed by atoms with van der Waals surface area (Å²) >= 11 is 0. The molecule has 0 aliphatic carbocycles. The van der Waals surface area contributed by atoms with Gasteiger partial charge < -0.3 is 25.0 Å². The average Bonchev–Trinajstić information content (AvgIpc) is 2.78. The van der Waals surface area contributed by atoms with Gasteiger partial charge in [-0.15, -0.1) is 0 Å². The third-order valence-electron chi connectivity index (χ3n) is 5.30. The van der Waals surface area contributed by atoms with Crippen LogP contribution in [0, 0.1) is 17.2 Å². The minimum absolute atomic E-state index is 0.239. The van der Waals surface area contributed by atoms with Crippen LogP contribution in [0.2, 0.25) is 0 Å². The molecular weight excluding hydrogens is 420 g/mol. The molecule has 0 atom stereocenters. The molecule has 1 aliphatic rings. The SMILES string of the molecule is COc1ccc(Nc2nccc(NCC3CCN(C(=O)OC(C)(C)C)CC3)n2)cc1CC#N. The Bertz CT molecular complexity index is 990. The Kier molecular flexibility index (Phi) is 7.93. The first-order valence-corrected chi connectivity index (χ1v) is 11.1. The third-order valence-corrected chi connectivity index (χ3v) is 5.30. The summed E-state index contributed by atoms with van der Waals surface area (Å²) in [5, 5.41) is 15.6. The number of methoxy groups -OCH3 is 1. The fourth-order valence-electron chi connectivity index (χ4n) is 3.62. The van der Waals surface area contributed by atoms with E-state index in [-0.39, 0.29) is 12.5 Å². The molecule has 1 fully saturated rings. The molecule has 1 aliphatic heterocycles. The highest BCUT2D eigenvalue weighted by Crippen LogP contribution is 2.25. The lowest BCUT2D eigenvalue weighted by Crippen LogP contribution is -2.42. The smallest absolute Gasteiger partial charge is 0.410 e. The lowest BCUT2D eigenvalue weighted by Gasteiger charge is -2.33. The molecule has 1 aromatic heterocycles. The second-order valence-corrected chi connectivity index (χ2v) is 9.04. The summed E-state index contributed by atoms with van der Waals surface area (Å²) in [5.41, 5.74) is 1.11. The lowest BCUT2D eigenvalue weighted by molar-refractivity contribution is 0.0188. The lowest BCUT2D eigenvalue weighted by atomic mass is 9.97. The van der Waals surface area contributed by atoms with E-state index in [2.05, 4.69) is 26.7 Å². The van der Waals surface area contributed by atoms with Crippen LogP contribution in [0.1, 0.15) is 39.2 Å². The molecule has 0 spiro atoms. The first-order chi connectivity index (χ1) is 15.8. The van der Waals surface area contributed by atoms with Gasteiger partial charge in [-0.2, -0.15) is 10.2 Å². The molecule has 1 aromatic carbocycles. The number of nitriles is 1. The van der Waals surface area contributed by atoms with Gasteiger partial charge in [0.05, 0.1) is 19.6 Å². The molecule has 0 unspecified atom stereocenters. The van der Waals surface area contributed by atoms with Gasteiger partial charge in [-0.3, -0.25) is 0 Å². The van der Waals surface area contributed by atoms with Gasteiger partial charge in [0.15, 0.2) is 0 Å². The second kappa shape index (κ2) is 10.9. The summed E-state index contributed by atoms with van der Waals surface area (Å²) in [4.78, 5) is 22.8. The van der Waals surface area contributed by atoms with Crippen molar-refractivity contribution in [2.24, 2.45) is 5.92 Å². The van der Waals surface area contributed by atoms with E-state index < -0.39 is 5.60 Å². The van der Waals surface area contributed by atoms with Gasteiger partial charge in [0.25, 0.3) is 0 Å². The van der Waals surface area contributed by atoms with Crippen LogP contribution in [-0.2, 0) is 11.2 Å². The number of carbonyl (C=O) groups is 1. The molecule has 9 nitrogen and oxygen atoms in total. The molecule has 0 bridgehead atoms. The average molecular weight is 453 g/mol. The monoisotopic (exact) mass is 452 g/mol. The zero-order chi connectivity index (χ0) is 23.8. The van der Waals surface area contributed by atoms with Crippen LogP contribution in [0.15, 0.2) is 30.5 Å². The Balaban J connectivity index is 1.52. The molecule has 2 N–H and O–H groups in total. The quantitative estimate of drug-likeness (QED) is 0.637. The summed E-state index contributed by atoms with van der Waals surface area (Å²) in [6.45, 7) is 7.80. The van der Waals surface area contributed by atoms with Crippen LogP contribution >= 0.6 is 0 Å². The molecule has 1 amide bonds. The van der Waals surface area contributed by atoms with Gasteiger partial charge in [0.1, 0.15) is 17.2 Å². The zero-order valence-corrected chi connectivity index (χ0v) is 19.7. The number of amides is 1. The standard InChI is InChI=1S/C24H32N6O3/c1-24(2,3)33-23(31)30-13-9-17(10-14-30)16-27-21-8-12-26-22(29-21)28-19-5-6-20(32-4)18(15-19)7-11-25/h5-6,8,12,15,17H,7,9-10,13-14,16H2,1-4H3,(H2,26,27,28,29). The van der Waals surface area contributed by atoms with E-state index in [1.54, 1.807) is 18.2 Å². The van der Waals surface area contributed by atoms with Crippen molar-refractivity contribution in [2.75, 3.05) is 37.4 Å². The minimum Gasteiger partial charge on any atom is -0.496 e. The van der Waals surface area contributed by atoms with Gasteiger partial charge in [-0.25, -0.2) is 9.78 Å². The summed E-state index contributed by atoms with van der Waals surface area (Å²) in [6, 6.07) is 9.53. The van der Waals surface area contributed by atoms with Crippen LogP contribution in [0.25, 0.3) is 0 Å². The van der Waals surface area contributed by atoms with E-state index in [9.17, 15) is 4.79 Å². The molecule has 2 aromatic rings. The number of benzene rings is 1. The van der Waals surface area contributed by atoms with Gasteiger partial charge in [-0.05, 0) is 63.8 Å². The molecule has 0 radical (unpaired) electrons. The molecule has 176 valence electrons. The van der Waals surface area contributed by atoms with E-state index in [1.807, 2.05) is 45.0 Å². The molecule has 3 rings (SSSR count). The highest BCUT2D eigenvalue weighted by Gasteiger charge is 2.26. The van der Waals surface area contributed by atoms with Crippen molar-refractivity contribution >= 4 is 23.5 Å². The molecule has 33 heavy (non-hydrogen) atoms. The number of nitrogens with zero attached hydrogens (tertiary/aromatic N) is 4. The van der Waals surface area contributed by atoms with Crippen LogP contribution in [0.4, 0.5) is 22.2 Å². The molecule has 9 heteroatoms. The minimum atomic E-state index is -0.475. The summed E-state index contributed by atoms with van der Waals surface area (Å²) in [6.07, 6.45) is 3.54. The van der Waals surface area contributed by atoms with Crippen LogP contribution in [0.5, 0.6) is 5.75 Å². The Morgan fingerprint density at radius 2 is 2.03 bits per heavy atom. The fraction of sp³-hybridized carbons (Fsp3) is 0.500. The van der Waals surface area contributed by atoms with Crippen LogP contribution in [0.3, 0.4) is 0 Å². The number of carbonyl (C=O) groups excluding carboxylic acids is 1. The topological polar surface area (TPSA) is 112 Å². The second-order valence-electron chi connectivity index (χ2n) is 9.04. The van der Waals surface area contributed by atoms with E-state index in [4.69, 9.17) is 14.7 Å². The first kappa shape index (κ1) is 24.1. The first-order valence-electron chi connectivity index (χ1n) is 11.1. The molecular formula is C24H32N6O3. The van der Waals surface area contributed by atoms with E-state index in [1.165, 1.54) is 0 Å². The number of ether oxygens (including phenoxy) is 2. The Labute approximate surface area is 195 Å². The number of likely N-dealkylation sites (tertiary alicyclic amines) is 1. The highest BCUT2D eigenvalue weighted by molar-refractivity contribution is 5.68. The number of rotatable bonds is 7. The molecule has 0 saturated carbocycles. The van der Waals surface area contributed by atoms with Gasteiger partial charge in [-0.1, -0.05) is 0 Å². The van der Waals surface area contributed by atoms with Crippen molar-refractivity contribution in [3.63, 3.8) is 0 Å². The van der Waals surface area contributed by atoms with Gasteiger partial charge >= 0.3 is 6.09 Å². The number of hydrogen-bond acceptors (Lipinski definition) is 8. The van der Waals surface area contributed by atoms with Crippen molar-refractivity contribution in [3.05, 3.63) is 36.0 Å². The van der Waals surface area contributed by atoms with Crippen molar-refractivity contribution < 1.29 is 14.3 Å². The fourth-order valence-corrected chi connectivity index (χ4v) is 3.62. The number of aromatic nitrogens is 2. The number of hydrogen-bond donors (Lipinski definition) is 2. The maximum absolute atomic E-state index is 12.2. The number of piperidine rings is 1. The third kappa shape index (κ3) is 7.24. The van der Waals surface area contributed by atoms with Crippen LogP contribution in [-0.4, -0.2) is 53.3 Å². The van der Waals surface area contributed by atoms with Crippen molar-refractivity contribution in [1.29, 1.82) is 5.26 Å². The highest BCUT2D eigenvalue weighted by atomic mass is 16.6. The molecule has 1 saturated heterocycles. The summed E-state index contributed by atoms with van der Waals surface area (Å²) in [7, 11) is 1.59. The predicted octanol–water partition coefficient (Wildman–Crippen LogP) is 4.35. The van der Waals surface area contributed by atoms with Gasteiger partial charge in [0, 0.05) is 37.1 Å². The normalized spacial score (nSPS) is 14.3. The van der Waals surface area contributed by atoms with Crippen molar-refractivity contribution in [1.82, 2.24) is 14.9 Å². The van der Waals surface area contributed by atoms with E-state index in [0.29, 0.717) is 30.7 Å². The Hall–Kier alpha value is -3.54. The number of nitrogens with one attached hydrogen (secondary N) is 2. The zero-order valence-electron chi connectivity index (χ0n) is 19.7. The Morgan fingerprint density at radius 1 is 1.27 bits per heavy atom. The number of anilines is 3. The van der Waals surface area contributed by atoms with Crippen molar-refractivity contribution in [2.45, 2.75) is 45.6 Å². The van der Waals surface area contributed by atoms with E-state index in [0.717, 1.165) is 36.5 Å². The predicted molar refractivity (Wildman–Crippen MR) is 127 cm³/mol. The van der Waals surface area contributed by atoms with E-state index >= 15 is 0 Å². The maximum atomic E-state index is 12.2. The van der Waals surface area contributed by atoms with Crippen molar-refractivity contribution in [3.8, 4) is 11.8 Å². The summed E-state index contributed by atoms with van der Waals surface area (Å²) in [5.74, 6) is 2.32. The summed E-state index contributed by atoms with van der Waals surface area (Å²) < 4.78 is 10.8. The van der Waals surface area contributed by atoms with Crippen LogP contribution < -0.4 is 15.4 Å². The molecule has 2 heterocycles. The Morgan fingerprint density at radius 3 is 2.70 bits per heavy atom. The maximum Gasteiger partial charge on any atom is 0.410 e.